The van der Waals surface area contributed by atoms with Crippen LogP contribution in [0.3, 0.4) is 0 Å². The average Bonchev–Trinajstić information content (AvgIpc) is 2.48. The average molecular weight is 274 g/mol. The van der Waals surface area contributed by atoms with Gasteiger partial charge in [-0.15, -0.1) is 0 Å². The minimum Gasteiger partial charge on any atom is -0.385 e. The molecule has 0 heterocycles. The quantitative estimate of drug-likeness (QED) is 0.475. The van der Waals surface area contributed by atoms with Gasteiger partial charge in [-0.3, -0.25) is 4.99 Å². The van der Waals surface area contributed by atoms with Gasteiger partial charge in [-0.2, -0.15) is 0 Å². The Hall–Kier alpha value is -1.35. The van der Waals surface area contributed by atoms with Gasteiger partial charge < -0.3 is 10.4 Å². The second-order valence-electron chi connectivity index (χ2n) is 5.84. The van der Waals surface area contributed by atoms with E-state index in [9.17, 15) is 5.11 Å². The van der Waals surface area contributed by atoms with Crippen LogP contribution in [0, 0.1) is 5.92 Å². The molecule has 0 aliphatic heterocycles. The second-order valence-corrected chi connectivity index (χ2v) is 5.84. The lowest BCUT2D eigenvalue weighted by atomic mass is 9.73. The van der Waals surface area contributed by atoms with Crippen molar-refractivity contribution in [2.45, 2.75) is 44.1 Å². The summed E-state index contributed by atoms with van der Waals surface area (Å²) in [6, 6.07) is 10.2. The van der Waals surface area contributed by atoms with Crippen LogP contribution >= 0.6 is 0 Å². The van der Waals surface area contributed by atoms with Gasteiger partial charge in [0, 0.05) is 13.6 Å². The molecule has 2 rings (SSSR count). The van der Waals surface area contributed by atoms with Gasteiger partial charge in [-0.25, -0.2) is 0 Å². The Morgan fingerprint density at radius 2 is 2.20 bits per heavy atom. The molecule has 3 heteroatoms. The summed E-state index contributed by atoms with van der Waals surface area (Å²) in [6.07, 6.45) is 8.24. The summed E-state index contributed by atoms with van der Waals surface area (Å²) in [5.74, 6) is 0.634. The monoisotopic (exact) mass is 274 g/mol. The molecule has 1 saturated carbocycles. The molecule has 110 valence electrons. The number of nitrogens with zero attached hydrogens (tertiary/aromatic N) is 1. The Labute approximate surface area is 122 Å². The Kier molecular flexibility index (Phi) is 5.60. The largest absolute Gasteiger partial charge is 0.385 e. The zero-order valence-corrected chi connectivity index (χ0v) is 12.4. The highest BCUT2D eigenvalue weighted by atomic mass is 16.3. The van der Waals surface area contributed by atoms with E-state index in [1.54, 1.807) is 13.4 Å². The van der Waals surface area contributed by atoms with Crippen molar-refractivity contribution in [1.82, 2.24) is 5.32 Å². The lowest BCUT2D eigenvalue weighted by Gasteiger charge is -2.37. The first-order valence-corrected chi connectivity index (χ1v) is 7.66. The second kappa shape index (κ2) is 7.44. The molecule has 2 atom stereocenters. The first-order valence-electron chi connectivity index (χ1n) is 7.66. The zero-order chi connectivity index (χ0) is 14.3. The topological polar surface area (TPSA) is 44.6 Å². The van der Waals surface area contributed by atoms with E-state index in [1.165, 1.54) is 12.8 Å². The molecule has 1 aliphatic rings. The smallest absolute Gasteiger partial charge is 0.0899 e. The molecular formula is C17H26N2O. The fourth-order valence-electron chi connectivity index (χ4n) is 3.27. The van der Waals surface area contributed by atoms with E-state index in [2.05, 4.69) is 22.4 Å². The summed E-state index contributed by atoms with van der Waals surface area (Å²) in [6.45, 7) is 0.970. The minimum atomic E-state index is -0.609. The highest BCUT2D eigenvalue weighted by Crippen LogP contribution is 2.41. The Bertz CT molecular complexity index is 418. The molecule has 0 amide bonds. The summed E-state index contributed by atoms with van der Waals surface area (Å²) in [4.78, 5) is 3.91. The van der Waals surface area contributed by atoms with Gasteiger partial charge in [0.2, 0.25) is 0 Å². The molecule has 0 saturated heterocycles. The number of hydrogen-bond acceptors (Lipinski definition) is 2. The molecule has 1 aliphatic carbocycles. The normalized spacial score (nSPS) is 26.8. The van der Waals surface area contributed by atoms with Gasteiger partial charge in [0.1, 0.15) is 0 Å². The number of hydrogen-bond donors (Lipinski definition) is 2. The fraction of sp³-hybridized carbons (Fsp3) is 0.588. The summed E-state index contributed by atoms with van der Waals surface area (Å²) < 4.78 is 0. The maximum atomic E-state index is 10.9. The van der Waals surface area contributed by atoms with Crippen molar-refractivity contribution in [2.24, 2.45) is 10.9 Å². The summed E-state index contributed by atoms with van der Waals surface area (Å²) in [5, 5.41) is 14.1. The SMILES string of the molecule is CN=CNCCCC1CCCC(O)(c2ccccc2)C1. The Balaban J connectivity index is 1.85. The molecule has 2 unspecified atom stereocenters. The Morgan fingerprint density at radius 1 is 1.40 bits per heavy atom. The maximum absolute atomic E-state index is 10.9. The number of aliphatic imine (C=N–C) groups is 1. The van der Waals surface area contributed by atoms with Gasteiger partial charge >= 0.3 is 0 Å². The summed E-state index contributed by atoms with van der Waals surface area (Å²) >= 11 is 0. The van der Waals surface area contributed by atoms with E-state index in [0.717, 1.165) is 37.8 Å². The first-order chi connectivity index (χ1) is 9.74. The number of rotatable bonds is 6. The molecule has 0 bridgehead atoms. The van der Waals surface area contributed by atoms with E-state index in [4.69, 9.17) is 0 Å². The van der Waals surface area contributed by atoms with E-state index in [0.29, 0.717) is 5.92 Å². The predicted molar refractivity (Wildman–Crippen MR) is 83.9 cm³/mol. The molecule has 2 N–H and O–H groups in total. The highest BCUT2D eigenvalue weighted by Gasteiger charge is 2.35. The number of aliphatic hydroxyl groups is 1. The summed E-state index contributed by atoms with van der Waals surface area (Å²) in [7, 11) is 1.77. The van der Waals surface area contributed by atoms with E-state index in [1.807, 2.05) is 18.2 Å². The molecule has 0 spiro atoms. The van der Waals surface area contributed by atoms with Crippen molar-refractivity contribution < 1.29 is 5.11 Å². The van der Waals surface area contributed by atoms with Gasteiger partial charge in [-0.05, 0) is 43.6 Å². The Morgan fingerprint density at radius 3 is 2.95 bits per heavy atom. The molecule has 1 aromatic carbocycles. The molecule has 1 fully saturated rings. The summed E-state index contributed by atoms with van der Waals surface area (Å²) in [5.41, 5.74) is 0.476. The highest BCUT2D eigenvalue weighted by molar-refractivity contribution is 5.53. The van der Waals surface area contributed by atoms with Crippen LogP contribution in [0.4, 0.5) is 0 Å². The van der Waals surface area contributed by atoms with Crippen molar-refractivity contribution in [2.75, 3.05) is 13.6 Å². The third-order valence-electron chi connectivity index (χ3n) is 4.29. The van der Waals surface area contributed by atoms with Crippen molar-refractivity contribution >= 4 is 6.34 Å². The van der Waals surface area contributed by atoms with Gasteiger partial charge in [0.15, 0.2) is 0 Å². The van der Waals surface area contributed by atoms with Crippen molar-refractivity contribution in [3.8, 4) is 0 Å². The number of benzene rings is 1. The van der Waals surface area contributed by atoms with Gasteiger partial charge in [0.25, 0.3) is 0 Å². The standard InChI is InChI=1S/C17H26N2O/c1-18-14-19-12-6-8-15-7-5-11-17(20,13-15)16-9-3-2-4-10-16/h2-4,9-10,14-15,20H,5-8,11-13H2,1H3,(H,18,19). The van der Waals surface area contributed by atoms with E-state index >= 15 is 0 Å². The van der Waals surface area contributed by atoms with Crippen LogP contribution in [0.5, 0.6) is 0 Å². The van der Waals surface area contributed by atoms with Crippen LogP contribution in [0.25, 0.3) is 0 Å². The van der Waals surface area contributed by atoms with Crippen LogP contribution in [-0.2, 0) is 5.60 Å². The predicted octanol–water partition coefficient (Wildman–Crippen LogP) is 3.09. The fourth-order valence-corrected chi connectivity index (χ4v) is 3.27. The van der Waals surface area contributed by atoms with Gasteiger partial charge in [-0.1, -0.05) is 36.8 Å². The molecule has 0 aromatic heterocycles. The van der Waals surface area contributed by atoms with Gasteiger partial charge in [0.05, 0.1) is 11.9 Å². The zero-order valence-electron chi connectivity index (χ0n) is 12.4. The van der Waals surface area contributed by atoms with Crippen molar-refractivity contribution in [1.29, 1.82) is 0 Å². The lowest BCUT2D eigenvalue weighted by molar-refractivity contribution is -0.0227. The molecule has 3 nitrogen and oxygen atoms in total. The van der Waals surface area contributed by atoms with Crippen LogP contribution in [0.15, 0.2) is 35.3 Å². The molecular weight excluding hydrogens is 248 g/mol. The maximum Gasteiger partial charge on any atom is 0.0899 e. The van der Waals surface area contributed by atoms with Crippen LogP contribution in [0.2, 0.25) is 0 Å². The van der Waals surface area contributed by atoms with Crippen molar-refractivity contribution in [3.05, 3.63) is 35.9 Å². The first kappa shape index (κ1) is 15.0. The molecule has 20 heavy (non-hydrogen) atoms. The molecule has 0 radical (unpaired) electrons. The minimum absolute atomic E-state index is 0.609. The third-order valence-corrected chi connectivity index (χ3v) is 4.29. The van der Waals surface area contributed by atoms with Crippen LogP contribution in [-0.4, -0.2) is 25.0 Å². The van der Waals surface area contributed by atoms with Crippen LogP contribution < -0.4 is 5.32 Å². The van der Waals surface area contributed by atoms with Crippen LogP contribution in [0.1, 0.15) is 44.1 Å². The van der Waals surface area contributed by atoms with Crippen molar-refractivity contribution in [3.63, 3.8) is 0 Å². The van der Waals surface area contributed by atoms with E-state index < -0.39 is 5.60 Å². The molecule has 1 aromatic rings. The lowest BCUT2D eigenvalue weighted by Crippen LogP contribution is -2.33. The van der Waals surface area contributed by atoms with E-state index in [-0.39, 0.29) is 0 Å². The third kappa shape index (κ3) is 4.07. The number of nitrogens with one attached hydrogen (secondary N) is 1.